The maximum Gasteiger partial charge on any atom is 0.263 e. The summed E-state index contributed by atoms with van der Waals surface area (Å²) in [6.45, 7) is 3.19. The standard InChI is InChI=1S/C29H31N3O3/c33-28(30-18-22-10-3-1-4-11-22)27-21-32(25-15-7-8-16-26(25)35-27)29(34)24-14-9-17-31(20-24)19-23-12-5-2-6-13-23/h1-8,10-13,15-16,24,27H,9,14,17-21H2,(H,30,33)/t24-,27-/m1/s1. The lowest BCUT2D eigenvalue weighted by atomic mass is 9.95. The van der Waals surface area contributed by atoms with E-state index in [9.17, 15) is 9.59 Å². The number of anilines is 1. The van der Waals surface area contributed by atoms with Crippen molar-refractivity contribution in [2.75, 3.05) is 24.5 Å². The number of hydrogen-bond acceptors (Lipinski definition) is 4. The maximum absolute atomic E-state index is 13.8. The molecule has 0 spiro atoms. The van der Waals surface area contributed by atoms with Gasteiger partial charge in [0.25, 0.3) is 5.91 Å². The highest BCUT2D eigenvalue weighted by molar-refractivity contribution is 5.98. The van der Waals surface area contributed by atoms with Crippen LogP contribution in [0.3, 0.4) is 0 Å². The van der Waals surface area contributed by atoms with Crippen LogP contribution in [0.4, 0.5) is 5.69 Å². The van der Waals surface area contributed by atoms with Crippen molar-refractivity contribution in [2.24, 2.45) is 5.92 Å². The molecule has 5 rings (SSSR count). The number of fused-ring (bicyclic) bond motifs is 1. The summed E-state index contributed by atoms with van der Waals surface area (Å²) in [5.74, 6) is 0.324. The van der Waals surface area contributed by atoms with Gasteiger partial charge in [-0.2, -0.15) is 0 Å². The van der Waals surface area contributed by atoms with E-state index in [0.29, 0.717) is 12.3 Å². The van der Waals surface area contributed by atoms with Crippen molar-refractivity contribution < 1.29 is 14.3 Å². The number of rotatable bonds is 6. The normalized spacial score (nSPS) is 19.9. The fourth-order valence-electron chi connectivity index (χ4n) is 4.94. The molecule has 2 aliphatic heterocycles. The molecule has 0 saturated carbocycles. The second-order valence-corrected chi connectivity index (χ2v) is 9.29. The molecule has 3 aromatic carbocycles. The number of carbonyl (C=O) groups excluding carboxylic acids is 2. The summed E-state index contributed by atoms with van der Waals surface area (Å²) in [5, 5.41) is 2.96. The molecule has 2 atom stereocenters. The number of carbonyl (C=O) groups is 2. The second-order valence-electron chi connectivity index (χ2n) is 9.29. The van der Waals surface area contributed by atoms with Gasteiger partial charge in [0.05, 0.1) is 18.2 Å². The molecule has 6 heteroatoms. The van der Waals surface area contributed by atoms with Crippen LogP contribution in [0.1, 0.15) is 24.0 Å². The zero-order valence-electron chi connectivity index (χ0n) is 19.8. The van der Waals surface area contributed by atoms with E-state index in [1.54, 1.807) is 4.90 Å². The SMILES string of the molecule is O=C(NCc1ccccc1)[C@H]1CN(C(=O)[C@@H]2CCCN(Cc3ccccc3)C2)c2ccccc2O1. The van der Waals surface area contributed by atoms with E-state index in [-0.39, 0.29) is 24.3 Å². The van der Waals surface area contributed by atoms with Gasteiger partial charge in [-0.3, -0.25) is 14.5 Å². The molecule has 35 heavy (non-hydrogen) atoms. The van der Waals surface area contributed by atoms with Gasteiger partial charge in [0.2, 0.25) is 5.91 Å². The molecule has 180 valence electrons. The first-order valence-corrected chi connectivity index (χ1v) is 12.3. The van der Waals surface area contributed by atoms with Crippen molar-refractivity contribution in [1.29, 1.82) is 0 Å². The highest BCUT2D eigenvalue weighted by Crippen LogP contribution is 2.35. The Bertz CT molecular complexity index is 1150. The van der Waals surface area contributed by atoms with Gasteiger partial charge in [0, 0.05) is 19.6 Å². The average molecular weight is 470 g/mol. The lowest BCUT2D eigenvalue weighted by Gasteiger charge is -2.38. The van der Waals surface area contributed by atoms with E-state index >= 15 is 0 Å². The lowest BCUT2D eigenvalue weighted by molar-refractivity contribution is -0.129. The van der Waals surface area contributed by atoms with Crippen molar-refractivity contribution in [2.45, 2.75) is 32.0 Å². The van der Waals surface area contributed by atoms with Gasteiger partial charge in [-0.15, -0.1) is 0 Å². The van der Waals surface area contributed by atoms with Crippen LogP contribution < -0.4 is 15.0 Å². The van der Waals surface area contributed by atoms with Gasteiger partial charge in [0.15, 0.2) is 6.10 Å². The van der Waals surface area contributed by atoms with Gasteiger partial charge in [-0.1, -0.05) is 72.8 Å². The second kappa shape index (κ2) is 10.7. The van der Waals surface area contributed by atoms with Gasteiger partial charge in [-0.05, 0) is 42.6 Å². The topological polar surface area (TPSA) is 61.9 Å². The predicted molar refractivity (Wildman–Crippen MR) is 136 cm³/mol. The number of amides is 2. The molecule has 0 radical (unpaired) electrons. The maximum atomic E-state index is 13.8. The van der Waals surface area contributed by atoms with E-state index < -0.39 is 6.10 Å². The number of hydrogen-bond donors (Lipinski definition) is 1. The van der Waals surface area contributed by atoms with E-state index in [0.717, 1.165) is 43.7 Å². The fourth-order valence-corrected chi connectivity index (χ4v) is 4.94. The van der Waals surface area contributed by atoms with Gasteiger partial charge in [-0.25, -0.2) is 0 Å². The number of benzene rings is 3. The largest absolute Gasteiger partial charge is 0.477 e. The number of piperidine rings is 1. The minimum absolute atomic E-state index is 0.0689. The molecule has 0 aromatic heterocycles. The summed E-state index contributed by atoms with van der Waals surface area (Å²) < 4.78 is 6.03. The molecule has 1 saturated heterocycles. The number of likely N-dealkylation sites (tertiary alicyclic amines) is 1. The summed E-state index contributed by atoms with van der Waals surface area (Å²) in [6.07, 6.45) is 1.09. The monoisotopic (exact) mass is 469 g/mol. The van der Waals surface area contributed by atoms with Crippen LogP contribution in [-0.2, 0) is 22.7 Å². The van der Waals surface area contributed by atoms with Gasteiger partial charge >= 0.3 is 0 Å². The molecule has 0 unspecified atom stereocenters. The van der Waals surface area contributed by atoms with E-state index in [4.69, 9.17) is 4.74 Å². The Labute approximate surface area is 206 Å². The first-order chi connectivity index (χ1) is 17.2. The van der Waals surface area contributed by atoms with Gasteiger partial charge < -0.3 is 15.0 Å². The molecule has 2 aliphatic rings. The van der Waals surface area contributed by atoms with Crippen molar-refractivity contribution in [3.8, 4) is 5.75 Å². The molecule has 2 heterocycles. The summed E-state index contributed by atoms with van der Waals surface area (Å²) >= 11 is 0. The first-order valence-electron chi connectivity index (χ1n) is 12.3. The van der Waals surface area contributed by atoms with Crippen LogP contribution in [0.5, 0.6) is 5.75 Å². The molecule has 1 fully saturated rings. The Morgan fingerprint density at radius 2 is 1.54 bits per heavy atom. The summed E-state index contributed by atoms with van der Waals surface area (Å²) in [7, 11) is 0. The Morgan fingerprint density at radius 1 is 0.857 bits per heavy atom. The van der Waals surface area contributed by atoms with Crippen LogP contribution in [-0.4, -0.2) is 42.5 Å². The summed E-state index contributed by atoms with van der Waals surface area (Å²) in [5.41, 5.74) is 3.02. The Hall–Kier alpha value is -3.64. The molecular formula is C29H31N3O3. The Balaban J connectivity index is 1.28. The summed E-state index contributed by atoms with van der Waals surface area (Å²) in [6, 6.07) is 27.7. The van der Waals surface area contributed by atoms with E-state index in [2.05, 4.69) is 34.5 Å². The lowest BCUT2D eigenvalue weighted by Crippen LogP contribution is -2.53. The first kappa shape index (κ1) is 23.1. The van der Waals surface area contributed by atoms with Crippen molar-refractivity contribution in [3.05, 3.63) is 96.1 Å². The number of para-hydroxylation sites is 2. The van der Waals surface area contributed by atoms with Crippen molar-refractivity contribution in [1.82, 2.24) is 10.2 Å². The Kier molecular flexibility index (Phi) is 7.09. The van der Waals surface area contributed by atoms with Gasteiger partial charge in [0.1, 0.15) is 5.75 Å². The zero-order chi connectivity index (χ0) is 24.0. The van der Waals surface area contributed by atoms with E-state index in [1.165, 1.54) is 5.56 Å². The van der Waals surface area contributed by atoms with Crippen LogP contribution in [0.25, 0.3) is 0 Å². The molecule has 1 N–H and O–H groups in total. The predicted octanol–water partition coefficient (Wildman–Crippen LogP) is 4.01. The quantitative estimate of drug-likeness (QED) is 0.593. The molecular weight excluding hydrogens is 438 g/mol. The molecule has 3 aromatic rings. The van der Waals surface area contributed by atoms with Crippen LogP contribution in [0.2, 0.25) is 0 Å². The summed E-state index contributed by atoms with van der Waals surface area (Å²) in [4.78, 5) is 30.9. The number of ether oxygens (including phenoxy) is 1. The van der Waals surface area contributed by atoms with Crippen LogP contribution >= 0.6 is 0 Å². The number of nitrogens with one attached hydrogen (secondary N) is 1. The van der Waals surface area contributed by atoms with E-state index in [1.807, 2.05) is 60.7 Å². The van der Waals surface area contributed by atoms with Crippen molar-refractivity contribution in [3.63, 3.8) is 0 Å². The number of nitrogens with zero attached hydrogens (tertiary/aromatic N) is 2. The van der Waals surface area contributed by atoms with Crippen LogP contribution in [0, 0.1) is 5.92 Å². The molecule has 0 aliphatic carbocycles. The average Bonchev–Trinajstić information content (AvgIpc) is 2.92. The third-order valence-electron chi connectivity index (χ3n) is 6.75. The third kappa shape index (κ3) is 5.54. The molecule has 2 amide bonds. The molecule has 0 bridgehead atoms. The third-order valence-corrected chi connectivity index (χ3v) is 6.75. The fraction of sp³-hybridized carbons (Fsp3) is 0.310. The smallest absolute Gasteiger partial charge is 0.263 e. The zero-order valence-corrected chi connectivity index (χ0v) is 19.8. The minimum atomic E-state index is -0.749. The molecule has 6 nitrogen and oxygen atoms in total. The minimum Gasteiger partial charge on any atom is -0.477 e. The highest BCUT2D eigenvalue weighted by Gasteiger charge is 2.37. The van der Waals surface area contributed by atoms with Crippen LogP contribution in [0.15, 0.2) is 84.9 Å². The highest BCUT2D eigenvalue weighted by atomic mass is 16.5. The Morgan fingerprint density at radius 3 is 2.31 bits per heavy atom. The van der Waals surface area contributed by atoms with Crippen molar-refractivity contribution >= 4 is 17.5 Å².